The fourth-order valence-electron chi connectivity index (χ4n) is 2.11. The number of hydrogen-bond donors (Lipinski definition) is 2. The lowest BCUT2D eigenvalue weighted by molar-refractivity contribution is -0.143. The zero-order valence-electron chi connectivity index (χ0n) is 11.3. The van der Waals surface area contributed by atoms with Crippen molar-refractivity contribution < 1.29 is 10.2 Å². The van der Waals surface area contributed by atoms with Crippen molar-refractivity contribution in [1.82, 2.24) is 0 Å². The van der Waals surface area contributed by atoms with Crippen LogP contribution >= 0.6 is 23.2 Å². The molecule has 0 heterocycles. The Balaban J connectivity index is 2.45. The number of halogens is 2. The molecule has 0 amide bonds. The molecule has 20 heavy (non-hydrogen) atoms. The van der Waals surface area contributed by atoms with Gasteiger partial charge in [0.2, 0.25) is 0 Å². The van der Waals surface area contributed by atoms with Crippen LogP contribution in [-0.4, -0.2) is 10.2 Å². The summed E-state index contributed by atoms with van der Waals surface area (Å²) in [6.07, 6.45) is 0. The molecular formula is C16H16Cl2O2. The molecule has 0 saturated heterocycles. The van der Waals surface area contributed by atoms with E-state index in [-0.39, 0.29) is 0 Å². The lowest BCUT2D eigenvalue weighted by Crippen LogP contribution is -2.45. The SMILES string of the molecule is C[C@@](O)(c1ccc(Cl)cc1)[C@](C)(O)c1ccc(Cl)cc1. The van der Waals surface area contributed by atoms with Crippen LogP contribution in [0.4, 0.5) is 0 Å². The van der Waals surface area contributed by atoms with Crippen LogP contribution in [-0.2, 0) is 11.2 Å². The molecule has 0 radical (unpaired) electrons. The maximum Gasteiger partial charge on any atom is 0.119 e. The molecule has 106 valence electrons. The van der Waals surface area contributed by atoms with E-state index in [2.05, 4.69) is 0 Å². The zero-order valence-corrected chi connectivity index (χ0v) is 12.8. The van der Waals surface area contributed by atoms with E-state index in [1.54, 1.807) is 62.4 Å². The molecule has 0 saturated carbocycles. The highest BCUT2D eigenvalue weighted by molar-refractivity contribution is 6.30. The van der Waals surface area contributed by atoms with Gasteiger partial charge in [-0.05, 0) is 49.2 Å². The van der Waals surface area contributed by atoms with E-state index in [0.717, 1.165) is 0 Å². The van der Waals surface area contributed by atoms with Crippen molar-refractivity contribution in [1.29, 1.82) is 0 Å². The summed E-state index contributed by atoms with van der Waals surface area (Å²) in [4.78, 5) is 0. The summed E-state index contributed by atoms with van der Waals surface area (Å²) in [6, 6.07) is 13.5. The minimum Gasteiger partial charge on any atom is -0.382 e. The smallest absolute Gasteiger partial charge is 0.119 e. The van der Waals surface area contributed by atoms with Gasteiger partial charge >= 0.3 is 0 Å². The second kappa shape index (κ2) is 5.38. The van der Waals surface area contributed by atoms with Gasteiger partial charge in [0.05, 0.1) is 0 Å². The lowest BCUT2D eigenvalue weighted by Gasteiger charge is -2.39. The second-order valence-corrected chi connectivity index (χ2v) is 6.03. The van der Waals surface area contributed by atoms with E-state index < -0.39 is 11.2 Å². The second-order valence-electron chi connectivity index (χ2n) is 5.16. The van der Waals surface area contributed by atoms with Gasteiger partial charge in [-0.2, -0.15) is 0 Å². The fraction of sp³-hybridized carbons (Fsp3) is 0.250. The van der Waals surface area contributed by atoms with Crippen molar-refractivity contribution in [2.24, 2.45) is 0 Å². The predicted octanol–water partition coefficient (Wildman–Crippen LogP) is 4.11. The van der Waals surface area contributed by atoms with Crippen LogP contribution in [0, 0.1) is 0 Å². The van der Waals surface area contributed by atoms with E-state index in [4.69, 9.17) is 23.2 Å². The van der Waals surface area contributed by atoms with E-state index >= 15 is 0 Å². The van der Waals surface area contributed by atoms with Crippen molar-refractivity contribution in [3.05, 3.63) is 69.7 Å². The number of benzene rings is 2. The third-order valence-electron chi connectivity index (χ3n) is 3.76. The van der Waals surface area contributed by atoms with Crippen LogP contribution in [0.5, 0.6) is 0 Å². The summed E-state index contributed by atoms with van der Waals surface area (Å²) in [5.74, 6) is 0. The van der Waals surface area contributed by atoms with Gasteiger partial charge in [0, 0.05) is 10.0 Å². The maximum atomic E-state index is 10.8. The van der Waals surface area contributed by atoms with Crippen LogP contribution in [0.15, 0.2) is 48.5 Å². The van der Waals surface area contributed by atoms with E-state index in [1.165, 1.54) is 0 Å². The average Bonchev–Trinajstić information content (AvgIpc) is 2.39. The number of hydrogen-bond acceptors (Lipinski definition) is 2. The Morgan fingerprint density at radius 2 is 0.900 bits per heavy atom. The Morgan fingerprint density at radius 3 is 1.15 bits per heavy atom. The minimum atomic E-state index is -1.47. The van der Waals surface area contributed by atoms with Crippen LogP contribution in [0.2, 0.25) is 10.0 Å². The summed E-state index contributed by atoms with van der Waals surface area (Å²) in [5, 5.41) is 22.8. The van der Waals surface area contributed by atoms with Crippen molar-refractivity contribution >= 4 is 23.2 Å². The average molecular weight is 311 g/mol. The molecule has 0 spiro atoms. The van der Waals surface area contributed by atoms with Gasteiger partial charge in [-0.25, -0.2) is 0 Å². The molecule has 0 bridgehead atoms. The van der Waals surface area contributed by atoms with E-state index in [1.807, 2.05) is 0 Å². The molecular weight excluding hydrogens is 295 g/mol. The maximum absolute atomic E-state index is 10.8. The van der Waals surface area contributed by atoms with Crippen molar-refractivity contribution in [3.8, 4) is 0 Å². The molecule has 2 rings (SSSR count). The van der Waals surface area contributed by atoms with Gasteiger partial charge in [0.15, 0.2) is 0 Å². The molecule has 0 unspecified atom stereocenters. The van der Waals surface area contributed by atoms with Crippen LogP contribution in [0.1, 0.15) is 25.0 Å². The van der Waals surface area contributed by atoms with Gasteiger partial charge in [-0.15, -0.1) is 0 Å². The molecule has 2 aromatic rings. The molecule has 2 aromatic carbocycles. The Kier molecular flexibility index (Phi) is 4.12. The van der Waals surface area contributed by atoms with Crippen LogP contribution in [0.25, 0.3) is 0 Å². The van der Waals surface area contributed by atoms with Gasteiger partial charge in [-0.3, -0.25) is 0 Å². The summed E-state index contributed by atoms with van der Waals surface area (Å²) in [5.41, 5.74) is -1.76. The van der Waals surface area contributed by atoms with E-state index in [9.17, 15) is 10.2 Å². The third-order valence-corrected chi connectivity index (χ3v) is 4.26. The quantitative estimate of drug-likeness (QED) is 0.895. The summed E-state index contributed by atoms with van der Waals surface area (Å²) in [7, 11) is 0. The first-order chi connectivity index (χ1) is 9.25. The first-order valence-corrected chi connectivity index (χ1v) is 6.97. The van der Waals surface area contributed by atoms with Crippen LogP contribution in [0.3, 0.4) is 0 Å². The fourth-order valence-corrected chi connectivity index (χ4v) is 2.36. The van der Waals surface area contributed by atoms with Gasteiger partial charge in [0.1, 0.15) is 11.2 Å². The standard InChI is InChI=1S/C16H16Cl2O2/c1-15(19,11-3-7-13(17)8-4-11)16(2,20)12-5-9-14(18)10-6-12/h3-10,19-20H,1-2H3/t15-,16-/m1/s1. The van der Waals surface area contributed by atoms with Gasteiger partial charge in [0.25, 0.3) is 0 Å². The number of aliphatic hydroxyl groups is 2. The molecule has 2 nitrogen and oxygen atoms in total. The topological polar surface area (TPSA) is 40.5 Å². The highest BCUT2D eigenvalue weighted by Crippen LogP contribution is 2.40. The molecule has 0 aliphatic heterocycles. The summed E-state index contributed by atoms with van der Waals surface area (Å²) < 4.78 is 0. The summed E-state index contributed by atoms with van der Waals surface area (Å²) in [6.45, 7) is 3.15. The molecule has 2 N–H and O–H groups in total. The predicted molar refractivity (Wildman–Crippen MR) is 82.0 cm³/mol. The number of rotatable bonds is 3. The molecule has 0 aliphatic rings. The minimum absolute atomic E-state index is 0.579. The lowest BCUT2D eigenvalue weighted by atomic mass is 9.76. The van der Waals surface area contributed by atoms with Crippen molar-refractivity contribution in [2.75, 3.05) is 0 Å². The van der Waals surface area contributed by atoms with Crippen molar-refractivity contribution in [3.63, 3.8) is 0 Å². The Hall–Kier alpha value is -1.06. The molecule has 4 heteroatoms. The van der Waals surface area contributed by atoms with Crippen molar-refractivity contribution in [2.45, 2.75) is 25.0 Å². The summed E-state index contributed by atoms with van der Waals surface area (Å²) >= 11 is 11.7. The zero-order chi connectivity index (χ0) is 15.0. The third kappa shape index (κ3) is 2.70. The van der Waals surface area contributed by atoms with Gasteiger partial charge < -0.3 is 10.2 Å². The monoisotopic (exact) mass is 310 g/mol. The first kappa shape index (κ1) is 15.3. The van der Waals surface area contributed by atoms with E-state index in [0.29, 0.717) is 21.2 Å². The molecule has 2 atom stereocenters. The van der Waals surface area contributed by atoms with Crippen LogP contribution < -0.4 is 0 Å². The Morgan fingerprint density at radius 1 is 0.650 bits per heavy atom. The van der Waals surface area contributed by atoms with Gasteiger partial charge in [-0.1, -0.05) is 47.5 Å². The largest absolute Gasteiger partial charge is 0.382 e. The molecule has 0 fully saturated rings. The highest BCUT2D eigenvalue weighted by atomic mass is 35.5. The molecule has 0 aliphatic carbocycles. The Bertz CT molecular complexity index is 531. The Labute approximate surface area is 128 Å². The highest BCUT2D eigenvalue weighted by Gasteiger charge is 2.44. The molecule has 0 aromatic heterocycles. The first-order valence-electron chi connectivity index (χ1n) is 6.22. The normalized spacial score (nSPS) is 17.3.